The molecule has 1 saturated heterocycles. The fourth-order valence-electron chi connectivity index (χ4n) is 3.08. The standard InChI is InChI=1S/C21H31F2NO4/c1-4-5-10-16(2)18(25)13-12-17-15-21(22,23)20(27)24(17)14-9-7-6-8-11-19(26)28-3/h12-13,16-18,25H,6-11,14-15H2,1-3H3/t16-,17-,18-/m0/s1. The number of unbranched alkanes of at least 4 members (excludes halogenated alkanes) is 3. The van der Waals surface area contributed by atoms with Crippen LogP contribution in [0, 0.1) is 17.8 Å². The van der Waals surface area contributed by atoms with Crippen molar-refractivity contribution in [3.8, 4) is 11.8 Å². The van der Waals surface area contributed by atoms with Crippen molar-refractivity contribution in [2.45, 2.75) is 76.9 Å². The summed E-state index contributed by atoms with van der Waals surface area (Å²) in [6.45, 7) is 3.78. The third-order valence-electron chi connectivity index (χ3n) is 4.91. The highest BCUT2D eigenvalue weighted by molar-refractivity contribution is 5.86. The van der Waals surface area contributed by atoms with E-state index in [1.165, 1.54) is 24.2 Å². The van der Waals surface area contributed by atoms with E-state index in [1.807, 2.05) is 6.92 Å². The Hall–Kier alpha value is -1.94. The quantitative estimate of drug-likeness (QED) is 0.251. The van der Waals surface area contributed by atoms with E-state index in [4.69, 9.17) is 0 Å². The molecular weight excluding hydrogens is 368 g/mol. The molecule has 1 aliphatic heterocycles. The number of rotatable bonds is 11. The predicted molar refractivity (Wildman–Crippen MR) is 103 cm³/mol. The summed E-state index contributed by atoms with van der Waals surface area (Å²) in [7, 11) is 1.34. The van der Waals surface area contributed by atoms with E-state index < -0.39 is 30.4 Å². The maximum absolute atomic E-state index is 13.9. The van der Waals surface area contributed by atoms with Gasteiger partial charge in [-0.25, -0.2) is 0 Å². The van der Waals surface area contributed by atoms with Gasteiger partial charge in [0.05, 0.1) is 19.3 Å². The van der Waals surface area contributed by atoms with Crippen LogP contribution in [0.1, 0.15) is 58.8 Å². The molecule has 0 aromatic rings. The van der Waals surface area contributed by atoms with Crippen LogP contribution in [0.25, 0.3) is 0 Å². The van der Waals surface area contributed by atoms with Crippen molar-refractivity contribution < 1.29 is 28.2 Å². The molecule has 0 bridgehead atoms. The number of aliphatic hydroxyl groups is 1. The lowest BCUT2D eigenvalue weighted by atomic mass is 10.00. The van der Waals surface area contributed by atoms with Gasteiger partial charge in [0.15, 0.2) is 0 Å². The van der Waals surface area contributed by atoms with E-state index in [2.05, 4.69) is 16.6 Å². The van der Waals surface area contributed by atoms with Gasteiger partial charge in [0.2, 0.25) is 0 Å². The number of hydrogen-bond donors (Lipinski definition) is 1. The molecule has 158 valence electrons. The summed E-state index contributed by atoms with van der Waals surface area (Å²) in [5.41, 5.74) is 0. The Bertz CT molecular complexity index is 609. The Morgan fingerprint density at radius 3 is 2.71 bits per heavy atom. The van der Waals surface area contributed by atoms with Gasteiger partial charge in [0.25, 0.3) is 5.91 Å². The Balaban J connectivity index is 2.55. The molecule has 7 heteroatoms. The molecule has 1 N–H and O–H groups in total. The third-order valence-corrected chi connectivity index (χ3v) is 4.91. The van der Waals surface area contributed by atoms with Gasteiger partial charge < -0.3 is 14.7 Å². The second-order valence-electron chi connectivity index (χ2n) is 7.20. The highest BCUT2D eigenvalue weighted by Gasteiger charge is 2.52. The Labute approximate surface area is 166 Å². The zero-order chi connectivity index (χ0) is 21.2. The van der Waals surface area contributed by atoms with Crippen molar-refractivity contribution in [2.75, 3.05) is 13.7 Å². The molecule has 3 atom stereocenters. The van der Waals surface area contributed by atoms with Crippen molar-refractivity contribution in [2.24, 2.45) is 5.92 Å². The number of likely N-dealkylation sites (tertiary alicyclic amines) is 1. The number of carbonyl (C=O) groups excluding carboxylic acids is 2. The van der Waals surface area contributed by atoms with Crippen LogP contribution < -0.4 is 0 Å². The number of amides is 1. The highest BCUT2D eigenvalue weighted by atomic mass is 19.3. The van der Waals surface area contributed by atoms with Gasteiger partial charge in [-0.05, 0) is 25.7 Å². The van der Waals surface area contributed by atoms with Crippen LogP contribution in [0.15, 0.2) is 12.2 Å². The molecule has 1 fully saturated rings. The van der Waals surface area contributed by atoms with Crippen molar-refractivity contribution in [3.63, 3.8) is 0 Å². The van der Waals surface area contributed by atoms with Gasteiger partial charge >= 0.3 is 11.9 Å². The zero-order valence-corrected chi connectivity index (χ0v) is 16.9. The zero-order valence-electron chi connectivity index (χ0n) is 16.9. The van der Waals surface area contributed by atoms with Crippen molar-refractivity contribution in [1.82, 2.24) is 4.90 Å². The molecule has 1 amide bonds. The SMILES string of the molecule is CC#CC[C@H](C)[C@@H](O)C=C[C@H]1CC(F)(F)C(=O)N1CCCCCCC(=O)OC. The van der Waals surface area contributed by atoms with E-state index in [-0.39, 0.29) is 18.4 Å². The number of methoxy groups -OCH3 is 1. The molecule has 0 saturated carbocycles. The summed E-state index contributed by atoms with van der Waals surface area (Å²) in [5, 5.41) is 10.1. The number of ether oxygens (including phenoxy) is 1. The third kappa shape index (κ3) is 7.59. The number of alkyl halides is 2. The topological polar surface area (TPSA) is 66.8 Å². The van der Waals surface area contributed by atoms with Crippen LogP contribution in [-0.2, 0) is 14.3 Å². The number of aliphatic hydroxyl groups excluding tert-OH is 1. The fourth-order valence-corrected chi connectivity index (χ4v) is 3.08. The summed E-state index contributed by atoms with van der Waals surface area (Å²) < 4.78 is 32.3. The molecule has 0 aromatic heterocycles. The molecular formula is C21H31F2NO4. The van der Waals surface area contributed by atoms with E-state index >= 15 is 0 Å². The first-order chi connectivity index (χ1) is 13.2. The molecule has 0 unspecified atom stereocenters. The fraction of sp³-hybridized carbons (Fsp3) is 0.714. The highest BCUT2D eigenvalue weighted by Crippen LogP contribution is 2.34. The monoisotopic (exact) mass is 399 g/mol. The lowest BCUT2D eigenvalue weighted by Crippen LogP contribution is -2.36. The van der Waals surface area contributed by atoms with Gasteiger partial charge in [-0.3, -0.25) is 9.59 Å². The number of carbonyl (C=O) groups is 2. The van der Waals surface area contributed by atoms with Gasteiger partial charge in [-0.1, -0.05) is 31.9 Å². The number of hydrogen-bond acceptors (Lipinski definition) is 4. The van der Waals surface area contributed by atoms with Crippen molar-refractivity contribution >= 4 is 11.9 Å². The molecule has 0 aliphatic carbocycles. The van der Waals surface area contributed by atoms with Gasteiger partial charge in [-0.15, -0.1) is 11.8 Å². The molecule has 1 aliphatic rings. The van der Waals surface area contributed by atoms with Crippen molar-refractivity contribution in [1.29, 1.82) is 0 Å². The minimum Gasteiger partial charge on any atom is -0.469 e. The van der Waals surface area contributed by atoms with Gasteiger partial charge in [0, 0.05) is 25.8 Å². The number of halogens is 2. The summed E-state index contributed by atoms with van der Waals surface area (Å²) in [4.78, 5) is 24.3. The Morgan fingerprint density at radius 2 is 2.07 bits per heavy atom. The van der Waals surface area contributed by atoms with Crippen molar-refractivity contribution in [3.05, 3.63) is 12.2 Å². The van der Waals surface area contributed by atoms with Crippen LogP contribution in [0.4, 0.5) is 8.78 Å². The van der Waals surface area contributed by atoms with E-state index in [0.717, 1.165) is 12.8 Å². The summed E-state index contributed by atoms with van der Waals surface area (Å²) >= 11 is 0. The first kappa shape index (κ1) is 24.1. The van der Waals surface area contributed by atoms with Gasteiger partial charge in [-0.2, -0.15) is 8.78 Å². The number of esters is 1. The van der Waals surface area contributed by atoms with Crippen LogP contribution in [-0.4, -0.2) is 53.6 Å². The molecule has 0 radical (unpaired) electrons. The van der Waals surface area contributed by atoms with Crippen LogP contribution in [0.5, 0.6) is 0 Å². The summed E-state index contributed by atoms with van der Waals surface area (Å²) in [6.07, 6.45) is 5.23. The molecule has 0 aromatic carbocycles. The summed E-state index contributed by atoms with van der Waals surface area (Å²) in [5.74, 6) is 0.728. The minimum atomic E-state index is -3.37. The second-order valence-corrected chi connectivity index (χ2v) is 7.20. The number of nitrogens with zero attached hydrogens (tertiary/aromatic N) is 1. The summed E-state index contributed by atoms with van der Waals surface area (Å²) in [6, 6.07) is -0.725. The first-order valence-electron chi connectivity index (χ1n) is 9.74. The maximum Gasteiger partial charge on any atom is 0.327 e. The predicted octanol–water partition coefficient (Wildman–Crippen LogP) is 3.31. The lowest BCUT2D eigenvalue weighted by Gasteiger charge is -2.22. The first-order valence-corrected chi connectivity index (χ1v) is 9.74. The largest absolute Gasteiger partial charge is 0.469 e. The van der Waals surface area contributed by atoms with Gasteiger partial charge in [0.1, 0.15) is 0 Å². The van der Waals surface area contributed by atoms with E-state index in [0.29, 0.717) is 25.7 Å². The smallest absolute Gasteiger partial charge is 0.327 e. The average Bonchev–Trinajstić information content (AvgIpc) is 2.89. The van der Waals surface area contributed by atoms with Crippen LogP contribution in [0.3, 0.4) is 0 Å². The molecule has 1 rings (SSSR count). The normalized spacial score (nSPS) is 20.7. The lowest BCUT2D eigenvalue weighted by molar-refractivity contribution is -0.148. The molecule has 1 heterocycles. The van der Waals surface area contributed by atoms with E-state index in [9.17, 15) is 23.5 Å². The van der Waals surface area contributed by atoms with E-state index in [1.54, 1.807) is 6.92 Å². The molecule has 0 spiro atoms. The Morgan fingerprint density at radius 1 is 1.39 bits per heavy atom. The Kier molecular flexibility index (Phi) is 10.2. The average molecular weight is 399 g/mol. The molecule has 28 heavy (non-hydrogen) atoms. The van der Waals surface area contributed by atoms with Crippen LogP contribution >= 0.6 is 0 Å². The molecule has 5 nitrogen and oxygen atoms in total. The van der Waals surface area contributed by atoms with Crippen LogP contribution in [0.2, 0.25) is 0 Å². The minimum absolute atomic E-state index is 0.121. The maximum atomic E-state index is 13.9. The second kappa shape index (κ2) is 11.8.